The molecular formula is C15H21NaO4S. The summed E-state index contributed by atoms with van der Waals surface area (Å²) in [6.07, 6.45) is 1.17. The molecule has 0 radical (unpaired) electrons. The number of hydrogen-bond donors (Lipinski definition) is 2. The Kier molecular flexibility index (Phi) is 8.10. The van der Waals surface area contributed by atoms with Crippen LogP contribution in [0.1, 0.15) is 34.2 Å². The second-order valence-corrected chi connectivity index (χ2v) is 6.11. The minimum Gasteiger partial charge on any atom is -1.00 e. The molecule has 6 heteroatoms. The Morgan fingerprint density at radius 2 is 1.57 bits per heavy atom. The Morgan fingerprint density at radius 3 is 2.10 bits per heavy atom. The third-order valence-electron chi connectivity index (χ3n) is 3.40. The van der Waals surface area contributed by atoms with Gasteiger partial charge in [-0.2, -0.15) is 8.42 Å². The molecule has 0 aromatic carbocycles. The van der Waals surface area contributed by atoms with E-state index >= 15 is 0 Å². The van der Waals surface area contributed by atoms with Crippen LogP contribution in [0.3, 0.4) is 0 Å². The molecule has 0 aliphatic heterocycles. The van der Waals surface area contributed by atoms with E-state index in [1.54, 1.807) is 0 Å². The Balaban J connectivity index is 0. The fourth-order valence-electron chi connectivity index (χ4n) is 2.00. The molecule has 112 valence electrons. The molecule has 0 saturated heterocycles. The summed E-state index contributed by atoms with van der Waals surface area (Å²) in [5.74, 6) is 0. The van der Waals surface area contributed by atoms with Gasteiger partial charge in [0.2, 0.25) is 0 Å². The minimum absolute atomic E-state index is 0. The van der Waals surface area contributed by atoms with Gasteiger partial charge in [0.15, 0.2) is 0 Å². The zero-order valence-corrected chi connectivity index (χ0v) is 15.7. The van der Waals surface area contributed by atoms with Crippen molar-refractivity contribution in [3.8, 4) is 11.1 Å². The average molecular weight is 320 g/mol. The van der Waals surface area contributed by atoms with Gasteiger partial charge >= 0.3 is 40.0 Å². The predicted molar refractivity (Wildman–Crippen MR) is 81.7 cm³/mol. The van der Waals surface area contributed by atoms with Gasteiger partial charge in [-0.25, -0.2) is 0 Å². The van der Waals surface area contributed by atoms with Crippen LogP contribution >= 0.6 is 0 Å². The van der Waals surface area contributed by atoms with E-state index in [1.807, 2.05) is 0 Å². The van der Waals surface area contributed by atoms with Crippen molar-refractivity contribution in [3.63, 3.8) is 0 Å². The molecule has 0 saturated carbocycles. The maximum atomic E-state index is 8.74. The van der Waals surface area contributed by atoms with Crippen molar-refractivity contribution >= 4 is 10.4 Å². The van der Waals surface area contributed by atoms with Crippen molar-refractivity contribution in [2.24, 2.45) is 0 Å². The zero-order valence-electron chi connectivity index (χ0n) is 13.9. The van der Waals surface area contributed by atoms with E-state index in [4.69, 9.17) is 17.5 Å². The predicted octanol–water partition coefficient (Wildman–Crippen LogP) is 0.943. The van der Waals surface area contributed by atoms with Crippen molar-refractivity contribution in [1.29, 1.82) is 0 Å². The summed E-state index contributed by atoms with van der Waals surface area (Å²) >= 11 is 0. The first kappa shape index (κ1) is 20.6. The molecule has 0 bridgehead atoms. The third-order valence-corrected chi connectivity index (χ3v) is 3.40. The van der Waals surface area contributed by atoms with Gasteiger partial charge in [-0.05, 0) is 28.5 Å². The Bertz CT molecular complexity index is 636. The second kappa shape index (κ2) is 8.27. The second-order valence-electron chi connectivity index (χ2n) is 5.21. The van der Waals surface area contributed by atoms with Crippen LogP contribution in [0, 0.1) is 0 Å². The fraction of sp³-hybridized carbons (Fsp3) is 0.333. The first-order valence-corrected chi connectivity index (χ1v) is 7.73. The zero-order chi connectivity index (χ0) is 15.4. The van der Waals surface area contributed by atoms with Crippen molar-refractivity contribution < 1.29 is 48.5 Å². The molecule has 0 atom stereocenters. The summed E-state index contributed by atoms with van der Waals surface area (Å²) in [6.45, 7) is 6.88. The Morgan fingerprint density at radius 1 is 1.05 bits per heavy atom. The van der Waals surface area contributed by atoms with Crippen LogP contribution in [0.5, 0.6) is 0 Å². The summed E-state index contributed by atoms with van der Waals surface area (Å²) < 4.78 is 31.6. The Hall–Kier alpha value is -0.430. The minimum atomic E-state index is -4.67. The van der Waals surface area contributed by atoms with Gasteiger partial charge < -0.3 is 1.43 Å². The third kappa shape index (κ3) is 6.91. The van der Waals surface area contributed by atoms with Crippen LogP contribution in [-0.2, 0) is 15.8 Å². The molecule has 2 aliphatic rings. The summed E-state index contributed by atoms with van der Waals surface area (Å²) in [6, 6.07) is 15.2. The van der Waals surface area contributed by atoms with Crippen LogP contribution in [0.4, 0.5) is 0 Å². The van der Waals surface area contributed by atoms with E-state index in [1.165, 1.54) is 23.1 Å². The average Bonchev–Trinajstić information content (AvgIpc) is 2.58. The van der Waals surface area contributed by atoms with Gasteiger partial charge in [0.05, 0.1) is 0 Å². The van der Waals surface area contributed by atoms with E-state index < -0.39 is 10.4 Å². The van der Waals surface area contributed by atoms with Crippen LogP contribution in [0.25, 0.3) is 11.1 Å². The molecule has 0 aromatic heterocycles. The summed E-state index contributed by atoms with van der Waals surface area (Å²) in [4.78, 5) is 0. The molecule has 2 N–H and O–H groups in total. The van der Waals surface area contributed by atoms with Gasteiger partial charge in [-0.1, -0.05) is 63.2 Å². The van der Waals surface area contributed by atoms with Crippen molar-refractivity contribution in [2.75, 3.05) is 0 Å². The van der Waals surface area contributed by atoms with Gasteiger partial charge in [0, 0.05) is 0 Å². The van der Waals surface area contributed by atoms with Crippen LogP contribution in [-0.4, -0.2) is 17.5 Å². The van der Waals surface area contributed by atoms with Crippen LogP contribution in [0.2, 0.25) is 0 Å². The monoisotopic (exact) mass is 320 g/mol. The van der Waals surface area contributed by atoms with E-state index in [-0.39, 0.29) is 36.4 Å². The van der Waals surface area contributed by atoms with Gasteiger partial charge in [0.1, 0.15) is 0 Å². The number of rotatable bonds is 2. The normalized spacial score (nSPS) is 11.3. The molecule has 0 fully saturated rings. The summed E-state index contributed by atoms with van der Waals surface area (Å²) in [5.41, 5.74) is 4.48. The summed E-state index contributed by atoms with van der Waals surface area (Å²) in [5, 5.41) is 0. The smallest absolute Gasteiger partial charge is 1.00 e. The molecule has 0 spiro atoms. The molecule has 0 aromatic rings. The van der Waals surface area contributed by atoms with Crippen LogP contribution in [0.15, 0.2) is 42.5 Å². The number of hydrogen-bond acceptors (Lipinski definition) is 2. The maximum Gasteiger partial charge on any atom is 1.00 e. The molecule has 0 unspecified atom stereocenters. The molecule has 2 aliphatic carbocycles. The van der Waals surface area contributed by atoms with Crippen molar-refractivity contribution in [3.05, 3.63) is 48.0 Å². The first-order chi connectivity index (χ1) is 9.15. The first-order valence-electron chi connectivity index (χ1n) is 6.33. The molecule has 4 nitrogen and oxygen atoms in total. The fourth-order valence-corrected chi connectivity index (χ4v) is 2.00. The topological polar surface area (TPSA) is 74.6 Å². The largest absolute Gasteiger partial charge is 1.00 e. The van der Waals surface area contributed by atoms with Gasteiger partial charge in [0.25, 0.3) is 0 Å². The van der Waals surface area contributed by atoms with Gasteiger partial charge in [-0.15, -0.1) is 0 Å². The van der Waals surface area contributed by atoms with E-state index in [9.17, 15) is 0 Å². The van der Waals surface area contributed by atoms with Crippen molar-refractivity contribution in [2.45, 2.75) is 32.6 Å². The van der Waals surface area contributed by atoms with Crippen LogP contribution < -0.4 is 29.6 Å². The van der Waals surface area contributed by atoms with E-state index in [2.05, 4.69) is 63.2 Å². The molecule has 0 heterocycles. The summed E-state index contributed by atoms with van der Waals surface area (Å²) in [7, 11) is -4.67. The van der Waals surface area contributed by atoms with Crippen molar-refractivity contribution in [1.82, 2.24) is 0 Å². The standard InChI is InChI=1S/C15H18.Na.H2O4S.H/c1-4-15(2,3)14-11-10-12-8-6-5-7-9-13(12)14;;1-5(2,3)4;/h5-11H,4H2,1-3H3;;(H2,1,2,3,4);/q;+1;;-1. The number of fused-ring (bicyclic) bond motifs is 1. The Labute approximate surface area is 150 Å². The van der Waals surface area contributed by atoms with E-state index in [0.717, 1.165) is 0 Å². The van der Waals surface area contributed by atoms with Gasteiger partial charge in [-0.3, -0.25) is 9.11 Å². The molecule has 2 rings (SSSR count). The SMILES string of the molecule is CCC(C)(C)c1ccc2cccccc1-2.O=S(=O)(O)O.[H-].[Na+]. The quantitative estimate of drug-likeness (QED) is 0.638. The van der Waals surface area contributed by atoms with E-state index in [0.29, 0.717) is 0 Å². The maximum absolute atomic E-state index is 8.74. The molecule has 0 amide bonds. The molecular weight excluding hydrogens is 299 g/mol. The molecule has 21 heavy (non-hydrogen) atoms.